The molecule has 0 aliphatic carbocycles. The van der Waals surface area contributed by atoms with E-state index in [0.29, 0.717) is 29.8 Å². The number of amides is 3. The van der Waals surface area contributed by atoms with Crippen molar-refractivity contribution in [3.8, 4) is 22.8 Å². The van der Waals surface area contributed by atoms with Crippen molar-refractivity contribution in [2.45, 2.75) is 43.7 Å². The summed E-state index contributed by atoms with van der Waals surface area (Å²) in [6.45, 7) is 6.84. The Kier molecular flexibility index (Phi) is 10.8. The van der Waals surface area contributed by atoms with Gasteiger partial charge in [-0.05, 0) is 68.8 Å². The Bertz CT molecular complexity index is 1640. The van der Waals surface area contributed by atoms with E-state index >= 15 is 0 Å². The third-order valence-electron chi connectivity index (χ3n) is 6.17. The smallest absolute Gasteiger partial charge is 0.328 e. The van der Waals surface area contributed by atoms with Crippen molar-refractivity contribution in [3.63, 3.8) is 0 Å². The maximum absolute atomic E-state index is 12.8. The van der Waals surface area contributed by atoms with Gasteiger partial charge in [-0.3, -0.25) is 9.36 Å². The van der Waals surface area contributed by atoms with Crippen molar-refractivity contribution in [1.29, 1.82) is 0 Å². The lowest BCUT2D eigenvalue weighted by Crippen LogP contribution is -2.39. The molecule has 1 heterocycles. The van der Waals surface area contributed by atoms with Crippen LogP contribution in [0.2, 0.25) is 0 Å². The minimum atomic E-state index is -4.05. The molecule has 0 atom stereocenters. The summed E-state index contributed by atoms with van der Waals surface area (Å²) in [4.78, 5) is 24.6. The summed E-state index contributed by atoms with van der Waals surface area (Å²) in [7, 11) is -4.05. The first-order chi connectivity index (χ1) is 20.7. The van der Waals surface area contributed by atoms with Gasteiger partial charge in [-0.25, -0.2) is 17.9 Å². The van der Waals surface area contributed by atoms with Crippen LogP contribution in [0.15, 0.2) is 82.8 Å². The van der Waals surface area contributed by atoms with Gasteiger partial charge in [0.2, 0.25) is 5.91 Å². The number of carbonyl (C=O) groups is 2. The number of ether oxygens (including phenoxy) is 1. The van der Waals surface area contributed by atoms with E-state index in [1.165, 1.54) is 36.0 Å². The number of urea groups is 1. The average Bonchev–Trinajstić information content (AvgIpc) is 3.41. The van der Waals surface area contributed by atoms with Crippen LogP contribution in [-0.2, 0) is 14.8 Å². The van der Waals surface area contributed by atoms with E-state index in [2.05, 4.69) is 20.8 Å². The minimum Gasteiger partial charge on any atom is -0.494 e. The number of nitrogens with zero attached hydrogens (tertiary/aromatic N) is 3. The zero-order chi connectivity index (χ0) is 30.8. The number of unbranched alkanes of at least 4 members (excludes halogenated alkanes) is 1. The number of aryl methyl sites for hydroxylation is 1. The Morgan fingerprint density at radius 3 is 2.28 bits per heavy atom. The topological polar surface area (TPSA) is 144 Å². The lowest BCUT2D eigenvalue weighted by molar-refractivity contribution is -0.113. The first kappa shape index (κ1) is 31.6. The molecule has 1 aromatic heterocycles. The standard InChI is InChI=1S/C30H34N6O5S2/c1-4-6-19-31-29(38)35-43(39,40)26-17-11-23(12-18-26)32-27(37)20-42-30-34-33-28(22-9-7-21(3)8-10-22)36(30)24-13-15-25(16-14-24)41-5-2/h7-18H,4-6,19-20H2,1-3H3,(H,32,37)(H2,31,35,38). The second-order valence-electron chi connectivity index (χ2n) is 9.51. The van der Waals surface area contributed by atoms with Crippen LogP contribution in [0.5, 0.6) is 5.75 Å². The molecule has 0 fully saturated rings. The van der Waals surface area contributed by atoms with Crippen molar-refractivity contribution >= 4 is 39.4 Å². The quantitative estimate of drug-likeness (QED) is 0.137. The summed E-state index contributed by atoms with van der Waals surface area (Å²) < 4.78 is 34.5. The van der Waals surface area contributed by atoms with E-state index in [4.69, 9.17) is 4.74 Å². The van der Waals surface area contributed by atoms with Gasteiger partial charge in [0.1, 0.15) is 5.75 Å². The van der Waals surface area contributed by atoms with Crippen LogP contribution in [0.1, 0.15) is 32.3 Å². The van der Waals surface area contributed by atoms with Gasteiger partial charge in [-0.15, -0.1) is 10.2 Å². The molecule has 4 rings (SSSR count). The Balaban J connectivity index is 1.44. The highest BCUT2D eigenvalue weighted by molar-refractivity contribution is 7.99. The van der Waals surface area contributed by atoms with Crippen LogP contribution in [0.4, 0.5) is 10.5 Å². The monoisotopic (exact) mass is 622 g/mol. The second-order valence-corrected chi connectivity index (χ2v) is 12.1. The molecule has 0 aliphatic rings. The fourth-order valence-corrected chi connectivity index (χ4v) is 5.66. The highest BCUT2D eigenvalue weighted by atomic mass is 32.2. The first-order valence-corrected chi connectivity index (χ1v) is 16.3. The predicted molar refractivity (Wildman–Crippen MR) is 167 cm³/mol. The molecule has 0 unspecified atom stereocenters. The number of benzene rings is 3. The molecule has 13 heteroatoms. The van der Waals surface area contributed by atoms with Crippen molar-refractivity contribution < 1.29 is 22.7 Å². The molecule has 0 aliphatic heterocycles. The normalized spacial score (nSPS) is 11.1. The lowest BCUT2D eigenvalue weighted by atomic mass is 10.1. The number of hydrogen-bond donors (Lipinski definition) is 3. The van der Waals surface area contributed by atoms with E-state index in [1.807, 2.05) is 78.6 Å². The van der Waals surface area contributed by atoms with E-state index in [1.54, 1.807) is 0 Å². The molecule has 11 nitrogen and oxygen atoms in total. The number of nitrogens with one attached hydrogen (secondary N) is 3. The summed E-state index contributed by atoms with van der Waals surface area (Å²) in [5, 5.41) is 14.6. The van der Waals surface area contributed by atoms with Crippen molar-refractivity contribution in [2.24, 2.45) is 0 Å². The van der Waals surface area contributed by atoms with E-state index < -0.39 is 16.1 Å². The highest BCUT2D eigenvalue weighted by Gasteiger charge is 2.19. The van der Waals surface area contributed by atoms with Crippen LogP contribution in [0.3, 0.4) is 0 Å². The van der Waals surface area contributed by atoms with Gasteiger partial charge in [0.05, 0.1) is 17.3 Å². The van der Waals surface area contributed by atoms with Gasteiger partial charge in [0, 0.05) is 23.5 Å². The van der Waals surface area contributed by atoms with Gasteiger partial charge >= 0.3 is 6.03 Å². The Morgan fingerprint density at radius 1 is 0.930 bits per heavy atom. The van der Waals surface area contributed by atoms with E-state index in [0.717, 1.165) is 35.4 Å². The lowest BCUT2D eigenvalue weighted by Gasteiger charge is -2.12. The number of anilines is 1. The molecule has 0 saturated heterocycles. The molecule has 3 aromatic carbocycles. The minimum absolute atomic E-state index is 0.0304. The maximum Gasteiger partial charge on any atom is 0.328 e. The molecule has 4 aromatic rings. The zero-order valence-electron chi connectivity index (χ0n) is 24.2. The SMILES string of the molecule is CCCCNC(=O)NS(=O)(=O)c1ccc(NC(=O)CSc2nnc(-c3ccc(C)cc3)n2-c2ccc(OCC)cc2)cc1. The Labute approximate surface area is 255 Å². The van der Waals surface area contributed by atoms with Crippen molar-refractivity contribution in [1.82, 2.24) is 24.8 Å². The van der Waals surface area contributed by atoms with Gasteiger partial charge < -0.3 is 15.4 Å². The summed E-state index contributed by atoms with van der Waals surface area (Å²) in [5.41, 5.74) is 3.23. The fourth-order valence-electron chi connectivity index (χ4n) is 3.98. The molecule has 0 saturated carbocycles. The summed E-state index contributed by atoms with van der Waals surface area (Å²) in [6.07, 6.45) is 1.62. The molecule has 0 spiro atoms. The van der Waals surface area contributed by atoms with Crippen LogP contribution in [-0.4, -0.2) is 54.0 Å². The number of hydrogen-bond acceptors (Lipinski definition) is 8. The zero-order valence-corrected chi connectivity index (χ0v) is 25.8. The number of rotatable bonds is 13. The summed E-state index contributed by atoms with van der Waals surface area (Å²) in [5.74, 6) is 1.10. The molecular formula is C30H34N6O5S2. The second kappa shape index (κ2) is 14.7. The first-order valence-electron chi connectivity index (χ1n) is 13.8. The molecular weight excluding hydrogens is 589 g/mol. The van der Waals surface area contributed by atoms with Gasteiger partial charge in [0.25, 0.3) is 10.0 Å². The molecule has 3 N–H and O–H groups in total. The predicted octanol–water partition coefficient (Wildman–Crippen LogP) is 5.16. The van der Waals surface area contributed by atoms with E-state index in [-0.39, 0.29) is 16.6 Å². The van der Waals surface area contributed by atoms with Gasteiger partial charge in [-0.2, -0.15) is 0 Å². The third-order valence-corrected chi connectivity index (χ3v) is 8.45. The number of carbonyl (C=O) groups excluding carboxylic acids is 2. The van der Waals surface area contributed by atoms with Crippen LogP contribution in [0.25, 0.3) is 17.1 Å². The molecule has 43 heavy (non-hydrogen) atoms. The van der Waals surface area contributed by atoms with Crippen molar-refractivity contribution in [3.05, 3.63) is 78.4 Å². The van der Waals surface area contributed by atoms with Gasteiger partial charge in [-0.1, -0.05) is 54.9 Å². The van der Waals surface area contributed by atoms with E-state index in [9.17, 15) is 18.0 Å². The molecule has 226 valence electrons. The van der Waals surface area contributed by atoms with Crippen LogP contribution >= 0.6 is 11.8 Å². The molecule has 3 amide bonds. The van der Waals surface area contributed by atoms with Gasteiger partial charge in [0.15, 0.2) is 11.0 Å². The molecule has 0 bridgehead atoms. The fraction of sp³-hybridized carbons (Fsp3) is 0.267. The summed E-state index contributed by atoms with van der Waals surface area (Å²) in [6, 6.07) is 20.3. The highest BCUT2D eigenvalue weighted by Crippen LogP contribution is 2.29. The third kappa shape index (κ3) is 8.58. The summed E-state index contributed by atoms with van der Waals surface area (Å²) >= 11 is 1.22. The molecule has 0 radical (unpaired) electrons. The van der Waals surface area contributed by atoms with Crippen LogP contribution < -0.4 is 20.1 Å². The number of aromatic nitrogens is 3. The Hall–Kier alpha value is -4.36. The number of thioether (sulfide) groups is 1. The number of sulfonamides is 1. The van der Waals surface area contributed by atoms with Crippen LogP contribution in [0, 0.1) is 6.92 Å². The maximum atomic E-state index is 12.8. The largest absolute Gasteiger partial charge is 0.494 e. The Morgan fingerprint density at radius 2 is 1.63 bits per heavy atom. The van der Waals surface area contributed by atoms with Crippen molar-refractivity contribution in [2.75, 3.05) is 24.2 Å². The average molecular weight is 623 g/mol.